The highest BCUT2D eigenvalue weighted by Crippen LogP contribution is 2.22. The minimum absolute atomic E-state index is 0.416. The van der Waals surface area contributed by atoms with E-state index in [4.69, 9.17) is 14.5 Å². The van der Waals surface area contributed by atoms with Gasteiger partial charge in [-0.05, 0) is 66.8 Å². The van der Waals surface area contributed by atoms with Crippen LogP contribution in [0.3, 0.4) is 0 Å². The third-order valence-electron chi connectivity index (χ3n) is 5.56. The lowest BCUT2D eigenvalue weighted by Crippen LogP contribution is -2.13. The van der Waals surface area contributed by atoms with Gasteiger partial charge in [0.2, 0.25) is 0 Å². The quantitative estimate of drug-likeness (QED) is 0.333. The molecule has 4 rings (SSSR count). The van der Waals surface area contributed by atoms with Gasteiger partial charge in [0, 0.05) is 0 Å². The summed E-state index contributed by atoms with van der Waals surface area (Å²) in [4.78, 5) is 4.81. The summed E-state index contributed by atoms with van der Waals surface area (Å²) < 4.78 is 14.4. The lowest BCUT2D eigenvalue weighted by Gasteiger charge is -2.13. The van der Waals surface area contributed by atoms with E-state index in [0.29, 0.717) is 25.7 Å². The van der Waals surface area contributed by atoms with Gasteiger partial charge < -0.3 is 14.0 Å². The van der Waals surface area contributed by atoms with Crippen LogP contribution in [0.1, 0.15) is 42.3 Å². The summed E-state index contributed by atoms with van der Waals surface area (Å²) in [6.07, 6.45) is 0. The Labute approximate surface area is 184 Å². The van der Waals surface area contributed by atoms with Crippen LogP contribution < -0.4 is 9.47 Å². The first-order valence-corrected chi connectivity index (χ1v) is 10.9. The fraction of sp³-hybridized carbons (Fsp3) is 0.296. The lowest BCUT2D eigenvalue weighted by atomic mass is 10.0. The van der Waals surface area contributed by atoms with Crippen molar-refractivity contribution in [1.82, 2.24) is 9.55 Å². The van der Waals surface area contributed by atoms with Gasteiger partial charge in [-0.2, -0.15) is 0 Å². The Morgan fingerprint density at radius 1 is 0.903 bits per heavy atom. The second kappa shape index (κ2) is 9.25. The van der Waals surface area contributed by atoms with E-state index in [9.17, 15) is 0 Å². The zero-order chi connectivity index (χ0) is 21.8. The number of fused-ring (bicyclic) bond motifs is 1. The number of ether oxygens (including phenoxy) is 2. The predicted octanol–water partition coefficient (Wildman–Crippen LogP) is 6.43. The molecule has 0 radical (unpaired) electrons. The summed E-state index contributed by atoms with van der Waals surface area (Å²) in [5.74, 6) is 3.20. The molecule has 4 nitrogen and oxygen atoms in total. The molecule has 0 amide bonds. The molecule has 1 heterocycles. The molecule has 0 N–H and O–H groups in total. The largest absolute Gasteiger partial charge is 0.491 e. The molecule has 0 aliphatic carbocycles. The van der Waals surface area contributed by atoms with E-state index in [1.807, 2.05) is 30.3 Å². The number of aryl methyl sites for hydroxylation is 2. The van der Waals surface area contributed by atoms with Gasteiger partial charge in [-0.3, -0.25) is 0 Å². The summed E-state index contributed by atoms with van der Waals surface area (Å²) >= 11 is 0. The summed E-state index contributed by atoms with van der Waals surface area (Å²) in [6.45, 7) is 10.2. The van der Waals surface area contributed by atoms with Crippen molar-refractivity contribution in [2.24, 2.45) is 0 Å². The minimum Gasteiger partial charge on any atom is -0.491 e. The maximum Gasteiger partial charge on any atom is 0.148 e. The molecular weight excluding hydrogens is 384 g/mol. The van der Waals surface area contributed by atoms with Crippen LogP contribution in [0, 0.1) is 13.8 Å². The topological polar surface area (TPSA) is 36.3 Å². The molecular formula is C27H30N2O2. The van der Waals surface area contributed by atoms with Crippen molar-refractivity contribution >= 4 is 11.0 Å². The number of para-hydroxylation sites is 2. The number of rotatable bonds is 8. The molecule has 0 bridgehead atoms. The first-order valence-electron chi connectivity index (χ1n) is 10.9. The number of hydrogen-bond donors (Lipinski definition) is 0. The molecule has 0 aliphatic heterocycles. The van der Waals surface area contributed by atoms with E-state index >= 15 is 0 Å². The van der Waals surface area contributed by atoms with Crippen LogP contribution in [-0.4, -0.2) is 16.2 Å². The molecule has 31 heavy (non-hydrogen) atoms. The Hall–Kier alpha value is -3.27. The minimum atomic E-state index is 0.416. The molecule has 0 saturated carbocycles. The van der Waals surface area contributed by atoms with Gasteiger partial charge in [0.25, 0.3) is 0 Å². The van der Waals surface area contributed by atoms with Crippen LogP contribution >= 0.6 is 0 Å². The Bertz CT molecular complexity index is 1160. The van der Waals surface area contributed by atoms with Gasteiger partial charge in [0.05, 0.1) is 17.6 Å². The molecule has 3 aromatic carbocycles. The van der Waals surface area contributed by atoms with Gasteiger partial charge in [-0.15, -0.1) is 0 Å². The average Bonchev–Trinajstić information content (AvgIpc) is 3.12. The Morgan fingerprint density at radius 3 is 2.45 bits per heavy atom. The van der Waals surface area contributed by atoms with Crippen molar-refractivity contribution in [2.75, 3.05) is 6.61 Å². The summed E-state index contributed by atoms with van der Waals surface area (Å²) in [5, 5.41) is 0. The van der Waals surface area contributed by atoms with Crippen molar-refractivity contribution in [1.29, 1.82) is 0 Å². The number of hydrogen-bond acceptors (Lipinski definition) is 3. The lowest BCUT2D eigenvalue weighted by molar-refractivity contribution is 0.271. The van der Waals surface area contributed by atoms with Crippen LogP contribution in [0.4, 0.5) is 0 Å². The first-order chi connectivity index (χ1) is 15.0. The SMILES string of the molecule is Cc1ccc(C)c(OCCn2c(COc3ccc(C(C)C)cc3)nc3ccccc32)c1. The summed E-state index contributed by atoms with van der Waals surface area (Å²) in [6, 6.07) is 22.8. The Kier molecular flexibility index (Phi) is 6.26. The molecule has 1 aromatic heterocycles. The van der Waals surface area contributed by atoms with Crippen molar-refractivity contribution in [3.05, 3.63) is 89.2 Å². The van der Waals surface area contributed by atoms with E-state index in [1.165, 1.54) is 11.1 Å². The van der Waals surface area contributed by atoms with E-state index < -0.39 is 0 Å². The van der Waals surface area contributed by atoms with Crippen molar-refractivity contribution in [3.8, 4) is 11.5 Å². The molecule has 160 valence electrons. The summed E-state index contributed by atoms with van der Waals surface area (Å²) in [7, 11) is 0. The third-order valence-corrected chi connectivity index (χ3v) is 5.56. The summed E-state index contributed by atoms with van der Waals surface area (Å²) in [5.41, 5.74) is 5.73. The number of benzene rings is 3. The molecule has 0 unspecified atom stereocenters. The number of nitrogens with zero attached hydrogens (tertiary/aromatic N) is 2. The molecule has 0 aliphatic rings. The Balaban J connectivity index is 1.49. The fourth-order valence-electron chi connectivity index (χ4n) is 3.69. The van der Waals surface area contributed by atoms with Crippen LogP contribution in [0.25, 0.3) is 11.0 Å². The highest BCUT2D eigenvalue weighted by Gasteiger charge is 2.12. The normalized spacial score (nSPS) is 11.3. The van der Waals surface area contributed by atoms with Crippen LogP contribution in [0.15, 0.2) is 66.7 Å². The van der Waals surface area contributed by atoms with E-state index in [-0.39, 0.29) is 0 Å². The highest BCUT2D eigenvalue weighted by atomic mass is 16.5. The molecule has 0 spiro atoms. The molecule has 4 heteroatoms. The molecule has 0 atom stereocenters. The first kappa shape index (κ1) is 21.0. The molecule has 4 aromatic rings. The van der Waals surface area contributed by atoms with Crippen LogP contribution in [0.5, 0.6) is 11.5 Å². The smallest absolute Gasteiger partial charge is 0.148 e. The number of aromatic nitrogens is 2. The van der Waals surface area contributed by atoms with Gasteiger partial charge in [-0.25, -0.2) is 4.98 Å². The second-order valence-corrected chi connectivity index (χ2v) is 8.30. The average molecular weight is 415 g/mol. The van der Waals surface area contributed by atoms with E-state index in [2.05, 4.69) is 68.7 Å². The van der Waals surface area contributed by atoms with Crippen molar-refractivity contribution in [3.63, 3.8) is 0 Å². The van der Waals surface area contributed by atoms with Crippen molar-refractivity contribution in [2.45, 2.75) is 46.8 Å². The zero-order valence-electron chi connectivity index (χ0n) is 18.8. The number of imidazole rings is 1. The van der Waals surface area contributed by atoms with Gasteiger partial charge in [-0.1, -0.05) is 50.2 Å². The predicted molar refractivity (Wildman–Crippen MR) is 126 cm³/mol. The standard InChI is InChI=1S/C27H30N2O2/c1-19(2)22-11-13-23(14-12-22)31-18-27-28-24-7-5-6-8-25(24)29(27)15-16-30-26-17-20(3)9-10-21(26)4/h5-14,17,19H,15-16,18H2,1-4H3. The maximum atomic E-state index is 6.10. The van der Waals surface area contributed by atoms with Crippen LogP contribution in [0.2, 0.25) is 0 Å². The fourth-order valence-corrected chi connectivity index (χ4v) is 3.69. The monoisotopic (exact) mass is 414 g/mol. The third kappa shape index (κ3) is 4.91. The molecule has 0 fully saturated rings. The Morgan fingerprint density at radius 2 is 1.68 bits per heavy atom. The van der Waals surface area contributed by atoms with Gasteiger partial charge >= 0.3 is 0 Å². The van der Waals surface area contributed by atoms with E-state index in [0.717, 1.165) is 33.9 Å². The zero-order valence-corrected chi connectivity index (χ0v) is 18.8. The highest BCUT2D eigenvalue weighted by molar-refractivity contribution is 5.75. The van der Waals surface area contributed by atoms with Crippen molar-refractivity contribution < 1.29 is 9.47 Å². The maximum absolute atomic E-state index is 6.10. The molecule has 0 saturated heterocycles. The second-order valence-electron chi connectivity index (χ2n) is 8.30. The van der Waals surface area contributed by atoms with Gasteiger partial charge in [0.1, 0.15) is 30.5 Å². The van der Waals surface area contributed by atoms with Gasteiger partial charge in [0.15, 0.2) is 0 Å². The van der Waals surface area contributed by atoms with Crippen LogP contribution in [-0.2, 0) is 13.2 Å². The van der Waals surface area contributed by atoms with E-state index in [1.54, 1.807) is 0 Å².